The number of aliphatic hydroxyl groups is 1. The van der Waals surface area contributed by atoms with Crippen LogP contribution >= 0.6 is 0 Å². The zero-order valence-electron chi connectivity index (χ0n) is 33.8. The predicted octanol–water partition coefficient (Wildman–Crippen LogP) is 6.76. The monoisotopic (exact) mass is 849 g/mol. The molecule has 3 atom stereocenters. The lowest BCUT2D eigenvalue weighted by Crippen LogP contribution is -2.47. The van der Waals surface area contributed by atoms with Gasteiger partial charge in [-0.3, -0.25) is 19.0 Å². The van der Waals surface area contributed by atoms with E-state index in [1.54, 1.807) is 40.9 Å². The second-order valence-electron chi connectivity index (χ2n) is 16.8. The standard InChI is InChI=1S/C44H42F7N7O3/c1-42(2,61)11-10-28-8-9-30(31-6-5-7-32-35(53-56(4)39(31)32)22-36(60)57-14-12-55(3)13-15-57)38(52-28)25(16-24-17-26(45)20-27(46)18-24)19-29(59)23-58-41-37(40(54-58)44(49,50)51)33-21-34(33)43(41,47)48/h5-9,17-18,20,25,33-34,61H,12-16,19,21-23H2,1-4H3/t25-,33+,34-/m1/s1. The number of fused-ring (bicyclic) bond motifs is 4. The van der Waals surface area contributed by atoms with Crippen molar-refractivity contribution in [3.8, 4) is 23.0 Å². The highest BCUT2D eigenvalue weighted by molar-refractivity contribution is 5.98. The van der Waals surface area contributed by atoms with E-state index in [1.807, 2.05) is 13.1 Å². The van der Waals surface area contributed by atoms with Crippen LogP contribution in [0.25, 0.3) is 22.0 Å². The first-order valence-electron chi connectivity index (χ1n) is 19.9. The Morgan fingerprint density at radius 2 is 1.67 bits per heavy atom. The molecule has 1 aliphatic heterocycles. The molecule has 0 unspecified atom stereocenters. The SMILES string of the molecule is CN1CCN(C(=O)Cc2nn(C)c3c(-c4ccc(C#CC(C)(C)O)nc4[C@@H](CC(=O)Cn4nc(C(F)(F)F)c5c4C(F)(F)[C@@H]4C[C@H]54)Cc4cc(F)cc(F)c4)cccc23)CC1. The number of pyridine rings is 1. The fourth-order valence-electron chi connectivity index (χ4n) is 8.75. The molecule has 2 aromatic carbocycles. The number of rotatable bonds is 10. The minimum atomic E-state index is -5.04. The van der Waals surface area contributed by atoms with Gasteiger partial charge in [0.15, 0.2) is 11.5 Å². The van der Waals surface area contributed by atoms with Gasteiger partial charge in [0, 0.05) is 79.6 Å². The van der Waals surface area contributed by atoms with E-state index in [2.05, 4.69) is 21.8 Å². The zero-order valence-corrected chi connectivity index (χ0v) is 33.8. The molecule has 3 aliphatic rings. The maximum Gasteiger partial charge on any atom is 0.435 e. The van der Waals surface area contributed by atoms with E-state index < -0.39 is 82.8 Å². The molecule has 320 valence electrons. The van der Waals surface area contributed by atoms with Gasteiger partial charge in [-0.15, -0.1) is 0 Å². The summed E-state index contributed by atoms with van der Waals surface area (Å²) in [5, 5.41) is 19.3. The van der Waals surface area contributed by atoms with Crippen LogP contribution in [0, 0.1) is 29.4 Å². The van der Waals surface area contributed by atoms with Crippen molar-refractivity contribution in [3.63, 3.8) is 0 Å². The minimum Gasteiger partial charge on any atom is -0.378 e. The van der Waals surface area contributed by atoms with Gasteiger partial charge in [-0.1, -0.05) is 24.1 Å². The van der Waals surface area contributed by atoms with Gasteiger partial charge >= 0.3 is 6.18 Å². The Labute approximate surface area is 346 Å². The van der Waals surface area contributed by atoms with Gasteiger partial charge in [0.1, 0.15) is 35.2 Å². The molecule has 61 heavy (non-hydrogen) atoms. The number of amides is 1. The van der Waals surface area contributed by atoms with E-state index in [9.17, 15) is 36.6 Å². The first kappa shape index (κ1) is 42.1. The first-order valence-corrected chi connectivity index (χ1v) is 19.9. The Kier molecular flexibility index (Phi) is 10.6. The number of aryl methyl sites for hydroxylation is 1. The Hall–Kier alpha value is -5.60. The summed E-state index contributed by atoms with van der Waals surface area (Å²) in [4.78, 5) is 36.3. The number of ketones is 1. The molecule has 10 nitrogen and oxygen atoms in total. The van der Waals surface area contributed by atoms with Crippen molar-refractivity contribution in [2.24, 2.45) is 13.0 Å². The molecule has 1 amide bonds. The molecule has 1 saturated carbocycles. The van der Waals surface area contributed by atoms with Crippen LogP contribution in [-0.2, 0) is 48.1 Å². The maximum absolute atomic E-state index is 15.5. The molecule has 0 radical (unpaired) electrons. The number of nitrogens with zero attached hydrogens (tertiary/aromatic N) is 7. The smallest absolute Gasteiger partial charge is 0.378 e. The fourth-order valence-corrected chi connectivity index (χ4v) is 8.75. The number of aromatic nitrogens is 5. The molecular formula is C44H42F7N7O3. The van der Waals surface area contributed by atoms with Crippen LogP contribution < -0.4 is 0 Å². The summed E-state index contributed by atoms with van der Waals surface area (Å²) in [5.41, 5.74) is -1.83. The van der Waals surface area contributed by atoms with Gasteiger partial charge in [-0.2, -0.15) is 32.1 Å². The molecule has 1 N–H and O–H groups in total. The number of Topliss-reactive ketones (excluding diaryl/α,β-unsaturated/α-hetero) is 1. The highest BCUT2D eigenvalue weighted by Gasteiger charge is 2.68. The first-order chi connectivity index (χ1) is 28.7. The van der Waals surface area contributed by atoms with Gasteiger partial charge in [-0.25, -0.2) is 13.8 Å². The number of carbonyl (C=O) groups excluding carboxylic acids is 2. The van der Waals surface area contributed by atoms with Gasteiger partial charge in [0.05, 0.1) is 23.3 Å². The van der Waals surface area contributed by atoms with E-state index in [0.717, 1.165) is 25.2 Å². The lowest BCUT2D eigenvalue weighted by atomic mass is 9.86. The molecule has 0 bridgehead atoms. The van der Waals surface area contributed by atoms with Crippen LogP contribution in [0.2, 0.25) is 0 Å². The average Bonchev–Trinajstić information content (AvgIpc) is 3.72. The highest BCUT2D eigenvalue weighted by atomic mass is 19.4. The van der Waals surface area contributed by atoms with Crippen molar-refractivity contribution in [1.29, 1.82) is 0 Å². The Morgan fingerprint density at radius 3 is 2.34 bits per heavy atom. The number of para-hydroxylation sites is 1. The fraction of sp³-hybridized carbons (Fsp3) is 0.432. The second-order valence-corrected chi connectivity index (χ2v) is 16.8. The zero-order chi connectivity index (χ0) is 43.8. The topological polar surface area (TPSA) is 109 Å². The van der Waals surface area contributed by atoms with E-state index in [4.69, 9.17) is 10.1 Å². The molecule has 3 aromatic heterocycles. The summed E-state index contributed by atoms with van der Waals surface area (Å²) in [5.74, 6) is -4.17. The van der Waals surface area contributed by atoms with Crippen LogP contribution in [-0.4, -0.2) is 90.0 Å². The van der Waals surface area contributed by atoms with Crippen LogP contribution in [0.1, 0.15) is 78.1 Å². The number of alkyl halides is 5. The summed E-state index contributed by atoms with van der Waals surface area (Å²) in [6.07, 6.45) is -5.88. The summed E-state index contributed by atoms with van der Waals surface area (Å²) in [6, 6.07) is 11.5. The third kappa shape index (κ3) is 8.39. The molecule has 0 spiro atoms. The molecule has 1 saturated heterocycles. The third-order valence-electron chi connectivity index (χ3n) is 11.6. The number of hydrogen-bond acceptors (Lipinski definition) is 7. The normalized spacial score (nSPS) is 19.0. The van der Waals surface area contributed by atoms with Crippen molar-refractivity contribution in [3.05, 3.63) is 99.8 Å². The number of hydrogen-bond donors (Lipinski definition) is 1. The van der Waals surface area contributed by atoms with Crippen molar-refractivity contribution >= 4 is 22.6 Å². The van der Waals surface area contributed by atoms with Crippen LogP contribution in [0.15, 0.2) is 48.5 Å². The summed E-state index contributed by atoms with van der Waals surface area (Å²) in [7, 11) is 3.70. The number of halogens is 7. The molecule has 17 heteroatoms. The lowest BCUT2D eigenvalue weighted by molar-refractivity contribution is -0.142. The molecule has 2 fully saturated rings. The number of piperazine rings is 1. The van der Waals surface area contributed by atoms with Gasteiger partial charge in [0.25, 0.3) is 5.92 Å². The average molecular weight is 850 g/mol. The Bertz CT molecular complexity index is 2610. The number of benzene rings is 2. The van der Waals surface area contributed by atoms with Gasteiger partial charge in [0.2, 0.25) is 5.91 Å². The van der Waals surface area contributed by atoms with Crippen molar-refractivity contribution in [2.75, 3.05) is 33.2 Å². The van der Waals surface area contributed by atoms with Crippen LogP contribution in [0.3, 0.4) is 0 Å². The van der Waals surface area contributed by atoms with Crippen LogP contribution in [0.4, 0.5) is 30.7 Å². The third-order valence-corrected chi connectivity index (χ3v) is 11.6. The Morgan fingerprint density at radius 1 is 0.967 bits per heavy atom. The van der Waals surface area contributed by atoms with Crippen LogP contribution in [0.5, 0.6) is 0 Å². The van der Waals surface area contributed by atoms with E-state index in [1.165, 1.54) is 13.8 Å². The molecule has 8 rings (SSSR count). The summed E-state index contributed by atoms with van der Waals surface area (Å²) < 4.78 is 105. The minimum absolute atomic E-state index is 0.0249. The Balaban J connectivity index is 1.22. The molecule has 4 heterocycles. The van der Waals surface area contributed by atoms with Crippen molar-refractivity contribution in [2.45, 2.75) is 75.6 Å². The quantitative estimate of drug-likeness (QED) is 0.122. The predicted molar refractivity (Wildman–Crippen MR) is 209 cm³/mol. The second kappa shape index (κ2) is 15.4. The summed E-state index contributed by atoms with van der Waals surface area (Å²) in [6.45, 7) is 4.63. The van der Waals surface area contributed by atoms with E-state index in [-0.39, 0.29) is 42.1 Å². The maximum atomic E-state index is 15.5. The van der Waals surface area contributed by atoms with E-state index >= 15 is 8.78 Å². The molecule has 2 aliphatic carbocycles. The van der Waals surface area contributed by atoms with Crippen molar-refractivity contribution in [1.82, 2.24) is 34.3 Å². The number of carbonyl (C=O) groups is 2. The summed E-state index contributed by atoms with van der Waals surface area (Å²) >= 11 is 0. The molecular weight excluding hydrogens is 808 g/mol. The molecule has 5 aromatic rings. The highest BCUT2D eigenvalue weighted by Crippen LogP contribution is 2.68. The largest absolute Gasteiger partial charge is 0.435 e. The van der Waals surface area contributed by atoms with Gasteiger partial charge < -0.3 is 14.9 Å². The van der Waals surface area contributed by atoms with Gasteiger partial charge in [-0.05, 0) is 75.4 Å². The lowest BCUT2D eigenvalue weighted by Gasteiger charge is -2.32. The van der Waals surface area contributed by atoms with E-state index in [0.29, 0.717) is 51.6 Å². The number of likely N-dealkylation sites (N-methyl/N-ethyl adjacent to an activating group) is 1. The van der Waals surface area contributed by atoms with Crippen molar-refractivity contribution < 1.29 is 45.4 Å².